The molecule has 0 saturated carbocycles. The molecular weight excluding hydrogens is 449 g/mol. The molecule has 1 heterocycles. The van der Waals surface area contributed by atoms with Gasteiger partial charge in [0.2, 0.25) is 5.82 Å². The first-order valence-corrected chi connectivity index (χ1v) is 12.6. The molecule has 0 bridgehead atoms. The lowest BCUT2D eigenvalue weighted by molar-refractivity contribution is -0.00172. The molecule has 0 amide bonds. The zero-order valence-electron chi connectivity index (χ0n) is 20.5. The van der Waals surface area contributed by atoms with Gasteiger partial charge in [-0.2, -0.15) is 4.39 Å². The third-order valence-corrected chi connectivity index (χ3v) is 6.75. The summed E-state index contributed by atoms with van der Waals surface area (Å²) in [6, 6.07) is 15.3. The van der Waals surface area contributed by atoms with Gasteiger partial charge in [0, 0.05) is 11.5 Å². The summed E-state index contributed by atoms with van der Waals surface area (Å²) in [6.45, 7) is 5.06. The highest BCUT2D eigenvalue weighted by molar-refractivity contribution is 5.71. The summed E-state index contributed by atoms with van der Waals surface area (Å²) in [5, 5.41) is 0. The van der Waals surface area contributed by atoms with Crippen molar-refractivity contribution in [2.24, 2.45) is 0 Å². The topological polar surface area (TPSA) is 18.5 Å². The lowest BCUT2D eigenvalue weighted by Crippen LogP contribution is -2.25. The second-order valence-corrected chi connectivity index (χ2v) is 9.27. The predicted octanol–water partition coefficient (Wildman–Crippen LogP) is 8.68. The highest BCUT2D eigenvalue weighted by Gasteiger charge is 2.24. The fourth-order valence-electron chi connectivity index (χ4n) is 4.67. The number of hydrogen-bond acceptors (Lipinski definition) is 2. The molecule has 1 fully saturated rings. The fourth-order valence-corrected chi connectivity index (χ4v) is 4.67. The minimum atomic E-state index is -0.979. The van der Waals surface area contributed by atoms with Gasteiger partial charge in [-0.25, -0.2) is 8.78 Å². The molecule has 2 nitrogen and oxygen atoms in total. The standard InChI is InChI=1S/C30H33F3O2/c1-3-5-17-34-28-16-15-26(29(32)30(28)33)21-9-7-20(8-10-21)22-12-14-25(27(31)18-22)23-11-13-24(6-4-2)35-19-23/h7-10,12,14-16,18,23-24H,3-6,11,13,17,19H2,1-2H3. The van der Waals surface area contributed by atoms with Crippen molar-refractivity contribution < 1.29 is 22.6 Å². The van der Waals surface area contributed by atoms with Crippen molar-refractivity contribution in [3.63, 3.8) is 0 Å². The molecule has 2 unspecified atom stereocenters. The van der Waals surface area contributed by atoms with Crippen LogP contribution in [0, 0.1) is 17.5 Å². The fraction of sp³-hybridized carbons (Fsp3) is 0.400. The van der Waals surface area contributed by atoms with E-state index in [2.05, 4.69) is 6.92 Å². The lowest BCUT2D eigenvalue weighted by atomic mass is 9.89. The summed E-state index contributed by atoms with van der Waals surface area (Å²) in [4.78, 5) is 0. The third kappa shape index (κ3) is 5.90. The van der Waals surface area contributed by atoms with Crippen LogP contribution in [0.5, 0.6) is 5.75 Å². The predicted molar refractivity (Wildman–Crippen MR) is 134 cm³/mol. The van der Waals surface area contributed by atoms with Crippen molar-refractivity contribution in [1.82, 2.24) is 0 Å². The maximum Gasteiger partial charge on any atom is 0.201 e. The highest BCUT2D eigenvalue weighted by Crippen LogP contribution is 2.34. The Bertz CT molecular complexity index is 1120. The van der Waals surface area contributed by atoms with Gasteiger partial charge in [-0.3, -0.25) is 0 Å². The molecule has 4 rings (SSSR count). The summed E-state index contributed by atoms with van der Waals surface area (Å²) < 4.78 is 55.4. The molecule has 186 valence electrons. The van der Waals surface area contributed by atoms with E-state index in [1.165, 1.54) is 12.1 Å². The molecule has 3 aromatic rings. The zero-order valence-corrected chi connectivity index (χ0v) is 20.5. The number of rotatable bonds is 9. The Morgan fingerprint density at radius 3 is 2.23 bits per heavy atom. The van der Waals surface area contributed by atoms with E-state index < -0.39 is 11.6 Å². The van der Waals surface area contributed by atoms with Gasteiger partial charge in [0.05, 0.1) is 19.3 Å². The van der Waals surface area contributed by atoms with Crippen LogP contribution >= 0.6 is 0 Å². The van der Waals surface area contributed by atoms with Gasteiger partial charge in [0.15, 0.2) is 11.6 Å². The zero-order chi connectivity index (χ0) is 24.8. The molecule has 0 aromatic heterocycles. The molecule has 0 spiro atoms. The Morgan fingerprint density at radius 1 is 0.829 bits per heavy atom. The number of unbranched alkanes of at least 4 members (excludes halogenated alkanes) is 1. The molecule has 0 aliphatic carbocycles. The third-order valence-electron chi connectivity index (χ3n) is 6.75. The summed E-state index contributed by atoms with van der Waals surface area (Å²) in [6.07, 6.45) is 6.02. The van der Waals surface area contributed by atoms with E-state index >= 15 is 0 Å². The number of hydrogen-bond donors (Lipinski definition) is 0. The van der Waals surface area contributed by atoms with Gasteiger partial charge in [-0.15, -0.1) is 0 Å². The Labute approximate surface area is 206 Å². The van der Waals surface area contributed by atoms with E-state index in [1.54, 1.807) is 30.3 Å². The molecule has 0 N–H and O–H groups in total. The molecule has 3 aromatic carbocycles. The van der Waals surface area contributed by atoms with Crippen LogP contribution in [0.3, 0.4) is 0 Å². The van der Waals surface area contributed by atoms with Gasteiger partial charge in [0.1, 0.15) is 5.82 Å². The summed E-state index contributed by atoms with van der Waals surface area (Å²) in [7, 11) is 0. The lowest BCUT2D eigenvalue weighted by Gasteiger charge is -2.29. The highest BCUT2D eigenvalue weighted by atomic mass is 19.2. The minimum Gasteiger partial charge on any atom is -0.490 e. The minimum absolute atomic E-state index is 0.0730. The monoisotopic (exact) mass is 482 g/mol. The van der Waals surface area contributed by atoms with Gasteiger partial charge < -0.3 is 9.47 Å². The SMILES string of the molecule is CCCCOc1ccc(-c2ccc(-c3ccc(C4CCC(CCC)OC4)c(F)c3)cc2)c(F)c1F. The molecule has 0 radical (unpaired) electrons. The van der Waals surface area contributed by atoms with E-state index in [9.17, 15) is 13.2 Å². The van der Waals surface area contributed by atoms with E-state index in [0.29, 0.717) is 30.4 Å². The van der Waals surface area contributed by atoms with Gasteiger partial charge in [0.25, 0.3) is 0 Å². The Morgan fingerprint density at radius 2 is 1.57 bits per heavy atom. The van der Waals surface area contributed by atoms with Crippen molar-refractivity contribution in [2.45, 2.75) is 64.4 Å². The van der Waals surface area contributed by atoms with Crippen molar-refractivity contribution in [1.29, 1.82) is 0 Å². The maximum atomic E-state index is 15.0. The Hall–Kier alpha value is -2.79. The smallest absolute Gasteiger partial charge is 0.201 e. The van der Waals surface area contributed by atoms with E-state index in [1.807, 2.05) is 19.1 Å². The van der Waals surface area contributed by atoms with Crippen LogP contribution in [-0.2, 0) is 4.74 Å². The largest absolute Gasteiger partial charge is 0.490 e. The Balaban J connectivity index is 1.47. The van der Waals surface area contributed by atoms with Crippen LogP contribution in [0.2, 0.25) is 0 Å². The average Bonchev–Trinajstić information content (AvgIpc) is 2.88. The molecule has 2 atom stereocenters. The van der Waals surface area contributed by atoms with Crippen LogP contribution in [0.15, 0.2) is 54.6 Å². The van der Waals surface area contributed by atoms with Crippen LogP contribution < -0.4 is 4.74 Å². The van der Waals surface area contributed by atoms with Crippen molar-refractivity contribution in [3.05, 3.63) is 77.6 Å². The first kappa shape index (κ1) is 25.3. The molecule has 1 saturated heterocycles. The van der Waals surface area contributed by atoms with E-state index in [-0.39, 0.29) is 23.0 Å². The van der Waals surface area contributed by atoms with Gasteiger partial charge >= 0.3 is 0 Å². The summed E-state index contributed by atoms with van der Waals surface area (Å²) in [5.74, 6) is -2.14. The van der Waals surface area contributed by atoms with Crippen molar-refractivity contribution in [2.75, 3.05) is 13.2 Å². The second-order valence-electron chi connectivity index (χ2n) is 9.27. The van der Waals surface area contributed by atoms with Crippen LogP contribution in [0.4, 0.5) is 13.2 Å². The summed E-state index contributed by atoms with van der Waals surface area (Å²) in [5.41, 5.74) is 2.95. The second kappa shape index (κ2) is 11.8. The number of ether oxygens (including phenoxy) is 2. The average molecular weight is 483 g/mol. The molecule has 35 heavy (non-hydrogen) atoms. The van der Waals surface area contributed by atoms with Crippen molar-refractivity contribution >= 4 is 0 Å². The number of halogens is 3. The molecule has 5 heteroatoms. The van der Waals surface area contributed by atoms with Crippen molar-refractivity contribution in [3.8, 4) is 28.0 Å². The van der Waals surface area contributed by atoms with Gasteiger partial charge in [-0.05, 0) is 66.1 Å². The van der Waals surface area contributed by atoms with Crippen LogP contribution in [0.1, 0.15) is 63.9 Å². The maximum absolute atomic E-state index is 15.0. The van der Waals surface area contributed by atoms with E-state index in [4.69, 9.17) is 9.47 Å². The van der Waals surface area contributed by atoms with Gasteiger partial charge in [-0.1, -0.05) is 63.1 Å². The first-order chi connectivity index (χ1) is 17.0. The number of benzene rings is 3. The molecule has 1 aliphatic rings. The first-order valence-electron chi connectivity index (χ1n) is 12.6. The quantitative estimate of drug-likeness (QED) is 0.284. The normalized spacial score (nSPS) is 18.0. The van der Waals surface area contributed by atoms with E-state index in [0.717, 1.165) is 49.7 Å². The van der Waals surface area contributed by atoms with Crippen LogP contribution in [0.25, 0.3) is 22.3 Å². The Kier molecular flexibility index (Phi) is 8.50. The molecular formula is C30H33F3O2. The van der Waals surface area contributed by atoms with Crippen LogP contribution in [-0.4, -0.2) is 19.3 Å². The summed E-state index contributed by atoms with van der Waals surface area (Å²) >= 11 is 0. The molecule has 1 aliphatic heterocycles.